The summed E-state index contributed by atoms with van der Waals surface area (Å²) >= 11 is 3.31. The van der Waals surface area contributed by atoms with Gasteiger partial charge >= 0.3 is 6.03 Å². The number of carbonyl (C=O) groups is 3. The lowest BCUT2D eigenvalue weighted by molar-refractivity contribution is -0.135. The maximum atomic E-state index is 12.3. The normalized spacial score (nSPS) is 16.5. The minimum atomic E-state index is -0.594. The van der Waals surface area contributed by atoms with Crippen molar-refractivity contribution in [1.29, 1.82) is 0 Å². The summed E-state index contributed by atoms with van der Waals surface area (Å²) in [6.45, 7) is 3.48. The van der Waals surface area contributed by atoms with Gasteiger partial charge in [-0.25, -0.2) is 9.69 Å². The summed E-state index contributed by atoms with van der Waals surface area (Å²) in [4.78, 5) is 38.2. The Kier molecular flexibility index (Phi) is 3.71. The second-order valence-corrected chi connectivity index (χ2v) is 5.35. The molecule has 1 aromatic carbocycles. The number of urea groups is 1. The van der Waals surface area contributed by atoms with E-state index in [2.05, 4.69) is 15.9 Å². The zero-order valence-electron chi connectivity index (χ0n) is 10.6. The Labute approximate surface area is 119 Å². The van der Waals surface area contributed by atoms with Crippen molar-refractivity contribution in [2.75, 3.05) is 4.90 Å². The molecule has 19 heavy (non-hydrogen) atoms. The van der Waals surface area contributed by atoms with Gasteiger partial charge in [-0.1, -0.05) is 12.1 Å². The van der Waals surface area contributed by atoms with E-state index in [4.69, 9.17) is 0 Å². The first-order valence-corrected chi connectivity index (χ1v) is 6.66. The Balaban J connectivity index is 2.45. The predicted molar refractivity (Wildman–Crippen MR) is 73.6 cm³/mol. The average Bonchev–Trinajstić information content (AvgIpc) is 2.30. The van der Waals surface area contributed by atoms with Crippen LogP contribution in [0.1, 0.15) is 20.3 Å². The van der Waals surface area contributed by atoms with E-state index in [0.717, 1.165) is 9.80 Å². The molecule has 0 aliphatic carbocycles. The van der Waals surface area contributed by atoms with Gasteiger partial charge in [0.25, 0.3) is 0 Å². The third kappa shape index (κ3) is 2.40. The molecule has 1 heterocycles. The molecule has 0 radical (unpaired) electrons. The summed E-state index contributed by atoms with van der Waals surface area (Å²) in [6, 6.07) is 6.05. The topological polar surface area (TPSA) is 57.7 Å². The molecule has 1 aromatic rings. The minimum absolute atomic E-state index is 0.280. The van der Waals surface area contributed by atoms with Gasteiger partial charge in [0.15, 0.2) is 0 Å². The van der Waals surface area contributed by atoms with Gasteiger partial charge in [-0.15, -0.1) is 0 Å². The van der Waals surface area contributed by atoms with E-state index in [0.29, 0.717) is 10.2 Å². The van der Waals surface area contributed by atoms with Crippen molar-refractivity contribution in [2.24, 2.45) is 0 Å². The van der Waals surface area contributed by atoms with Gasteiger partial charge in [0.1, 0.15) is 6.42 Å². The number of anilines is 1. The first-order chi connectivity index (χ1) is 8.93. The number of halogens is 1. The molecule has 5 nitrogen and oxygen atoms in total. The van der Waals surface area contributed by atoms with E-state index in [-0.39, 0.29) is 12.5 Å². The van der Waals surface area contributed by atoms with E-state index in [1.54, 1.807) is 38.1 Å². The highest BCUT2D eigenvalue weighted by molar-refractivity contribution is 9.10. The molecule has 6 heteroatoms. The largest absolute Gasteiger partial charge is 0.338 e. The molecular formula is C13H13BrN2O3. The number of carbonyl (C=O) groups excluding carboxylic acids is 3. The summed E-state index contributed by atoms with van der Waals surface area (Å²) in [5.74, 6) is -0.952. The lowest BCUT2D eigenvalue weighted by atomic mass is 10.2. The maximum Gasteiger partial charge on any atom is 0.338 e. The smallest absolute Gasteiger partial charge is 0.274 e. The molecule has 0 saturated carbocycles. The summed E-state index contributed by atoms with van der Waals surface area (Å²) in [5.41, 5.74) is 0.454. The lowest BCUT2D eigenvalue weighted by Crippen LogP contribution is -2.57. The van der Waals surface area contributed by atoms with Crippen LogP contribution < -0.4 is 4.90 Å². The zero-order valence-corrected chi connectivity index (χ0v) is 12.2. The van der Waals surface area contributed by atoms with Crippen molar-refractivity contribution < 1.29 is 14.4 Å². The Morgan fingerprint density at radius 3 is 2.32 bits per heavy atom. The summed E-state index contributed by atoms with van der Waals surface area (Å²) in [5, 5.41) is 0. The number of amides is 4. The molecule has 2 rings (SSSR count). The molecule has 1 saturated heterocycles. The first kappa shape index (κ1) is 13.7. The highest BCUT2D eigenvalue weighted by Gasteiger charge is 2.40. The van der Waals surface area contributed by atoms with E-state index < -0.39 is 17.8 Å². The van der Waals surface area contributed by atoms with Crippen LogP contribution in [0.25, 0.3) is 0 Å². The summed E-state index contributed by atoms with van der Waals surface area (Å²) < 4.78 is 0.634. The number of hydrogen-bond donors (Lipinski definition) is 0. The van der Waals surface area contributed by atoms with Crippen LogP contribution in [0, 0.1) is 0 Å². The van der Waals surface area contributed by atoms with Gasteiger partial charge in [-0.2, -0.15) is 0 Å². The molecule has 0 bridgehead atoms. The minimum Gasteiger partial charge on any atom is -0.274 e. The molecular weight excluding hydrogens is 312 g/mol. The number of hydrogen-bond acceptors (Lipinski definition) is 3. The average molecular weight is 325 g/mol. The number of benzene rings is 1. The van der Waals surface area contributed by atoms with Crippen molar-refractivity contribution in [3.8, 4) is 0 Å². The van der Waals surface area contributed by atoms with Crippen molar-refractivity contribution in [2.45, 2.75) is 26.3 Å². The highest BCUT2D eigenvalue weighted by Crippen LogP contribution is 2.29. The third-order valence-electron chi connectivity index (χ3n) is 2.83. The van der Waals surface area contributed by atoms with Crippen molar-refractivity contribution in [1.82, 2.24) is 4.90 Å². The van der Waals surface area contributed by atoms with Crippen LogP contribution in [0.15, 0.2) is 28.7 Å². The monoisotopic (exact) mass is 324 g/mol. The fraction of sp³-hybridized carbons (Fsp3) is 0.308. The lowest BCUT2D eigenvalue weighted by Gasteiger charge is -2.35. The Hall–Kier alpha value is -1.69. The van der Waals surface area contributed by atoms with Crippen molar-refractivity contribution in [3.63, 3.8) is 0 Å². The van der Waals surface area contributed by atoms with E-state index in [1.165, 1.54) is 0 Å². The van der Waals surface area contributed by atoms with Gasteiger partial charge < -0.3 is 0 Å². The van der Waals surface area contributed by atoms with Crippen LogP contribution in [-0.2, 0) is 9.59 Å². The molecule has 0 N–H and O–H groups in total. The summed E-state index contributed by atoms with van der Waals surface area (Å²) in [7, 11) is 0. The fourth-order valence-corrected chi connectivity index (χ4v) is 2.46. The van der Waals surface area contributed by atoms with Crippen molar-refractivity contribution >= 4 is 39.5 Å². The number of nitrogens with zero attached hydrogens (tertiary/aromatic N) is 2. The SMILES string of the molecule is CC(C)N1C(=O)CC(=O)N(c2ccccc2Br)C1=O. The fourth-order valence-electron chi connectivity index (χ4n) is 1.99. The van der Waals surface area contributed by atoms with Crippen LogP contribution in [0.3, 0.4) is 0 Å². The molecule has 0 spiro atoms. The predicted octanol–water partition coefficient (Wildman–Crippen LogP) is 2.54. The second kappa shape index (κ2) is 5.13. The Morgan fingerprint density at radius 1 is 1.11 bits per heavy atom. The van der Waals surface area contributed by atoms with Gasteiger partial charge in [-0.3, -0.25) is 14.5 Å². The summed E-state index contributed by atoms with van der Waals surface area (Å²) in [6.07, 6.45) is -0.286. The van der Waals surface area contributed by atoms with Crippen LogP contribution in [0.4, 0.5) is 10.5 Å². The molecule has 4 amide bonds. The molecule has 1 aliphatic rings. The van der Waals surface area contributed by atoms with Gasteiger partial charge in [0.2, 0.25) is 11.8 Å². The van der Waals surface area contributed by atoms with Gasteiger partial charge in [-0.05, 0) is 41.9 Å². The molecule has 0 atom stereocenters. The first-order valence-electron chi connectivity index (χ1n) is 5.87. The van der Waals surface area contributed by atoms with Crippen LogP contribution in [-0.4, -0.2) is 28.8 Å². The molecule has 0 unspecified atom stereocenters. The second-order valence-electron chi connectivity index (χ2n) is 4.50. The maximum absolute atomic E-state index is 12.3. The van der Waals surface area contributed by atoms with Crippen LogP contribution in [0.5, 0.6) is 0 Å². The Bertz CT molecular complexity index is 557. The highest BCUT2D eigenvalue weighted by atomic mass is 79.9. The molecule has 0 aromatic heterocycles. The van der Waals surface area contributed by atoms with Gasteiger partial charge in [0.05, 0.1) is 5.69 Å². The van der Waals surface area contributed by atoms with Crippen molar-refractivity contribution in [3.05, 3.63) is 28.7 Å². The standard InChI is InChI=1S/C13H13BrN2O3/c1-8(2)15-11(17)7-12(18)16(13(15)19)10-6-4-3-5-9(10)14/h3-6,8H,7H2,1-2H3. The quantitative estimate of drug-likeness (QED) is 0.785. The molecule has 100 valence electrons. The van der Waals surface area contributed by atoms with E-state index in [1.807, 2.05) is 0 Å². The molecule has 1 aliphatic heterocycles. The number of para-hydroxylation sites is 1. The van der Waals surface area contributed by atoms with Crippen LogP contribution in [0.2, 0.25) is 0 Å². The van der Waals surface area contributed by atoms with E-state index >= 15 is 0 Å². The van der Waals surface area contributed by atoms with Gasteiger partial charge in [0, 0.05) is 10.5 Å². The third-order valence-corrected chi connectivity index (χ3v) is 3.50. The number of barbiturate groups is 1. The molecule has 1 fully saturated rings. The van der Waals surface area contributed by atoms with Crippen LogP contribution >= 0.6 is 15.9 Å². The number of rotatable bonds is 2. The Morgan fingerprint density at radius 2 is 1.74 bits per heavy atom. The zero-order chi connectivity index (χ0) is 14.2. The number of imide groups is 2. The van der Waals surface area contributed by atoms with E-state index in [9.17, 15) is 14.4 Å².